The molecule has 1 unspecified atom stereocenters. The largest absolute Gasteiger partial charge is 0.491 e. The number of rotatable bonds is 4. The van der Waals surface area contributed by atoms with Gasteiger partial charge in [-0.05, 0) is 26.0 Å². The molecule has 1 fully saturated rings. The fraction of sp³-hybridized carbons (Fsp3) is 0.462. The summed E-state index contributed by atoms with van der Waals surface area (Å²) in [7, 11) is 0. The van der Waals surface area contributed by atoms with E-state index in [1.807, 2.05) is 19.9 Å². The van der Waals surface area contributed by atoms with Crippen LogP contribution >= 0.6 is 0 Å². The standard InChI is InChI=1S/C13H16O4/c1-13(2)16-9-12(17-13)8-15-11-5-3-4-10(6-11)7-14/h3-7,12H,8-9H2,1-2H3. The average Bonchev–Trinajstić information content (AvgIpc) is 2.67. The first kappa shape index (κ1) is 12.1. The zero-order valence-corrected chi connectivity index (χ0v) is 10.0. The van der Waals surface area contributed by atoms with E-state index in [0.717, 1.165) is 6.29 Å². The van der Waals surface area contributed by atoms with Crippen molar-refractivity contribution >= 4 is 6.29 Å². The van der Waals surface area contributed by atoms with E-state index in [1.54, 1.807) is 18.2 Å². The molecule has 0 spiro atoms. The Morgan fingerprint density at radius 3 is 3.00 bits per heavy atom. The number of ether oxygens (including phenoxy) is 3. The van der Waals surface area contributed by atoms with E-state index in [1.165, 1.54) is 0 Å². The van der Waals surface area contributed by atoms with Gasteiger partial charge in [-0.25, -0.2) is 0 Å². The van der Waals surface area contributed by atoms with Crippen LogP contribution in [0.3, 0.4) is 0 Å². The van der Waals surface area contributed by atoms with E-state index in [0.29, 0.717) is 24.5 Å². The zero-order valence-electron chi connectivity index (χ0n) is 10.0. The maximum atomic E-state index is 10.6. The van der Waals surface area contributed by atoms with Crippen LogP contribution in [0, 0.1) is 0 Å². The molecule has 0 N–H and O–H groups in total. The third-order valence-corrected chi connectivity index (χ3v) is 2.50. The summed E-state index contributed by atoms with van der Waals surface area (Å²) >= 11 is 0. The minimum absolute atomic E-state index is 0.0649. The molecule has 0 radical (unpaired) electrons. The Labute approximate surface area is 100 Å². The summed E-state index contributed by atoms with van der Waals surface area (Å²) in [5.41, 5.74) is 0.603. The molecule has 0 bridgehead atoms. The number of aldehydes is 1. The van der Waals surface area contributed by atoms with Gasteiger partial charge >= 0.3 is 0 Å². The topological polar surface area (TPSA) is 44.8 Å². The fourth-order valence-electron chi connectivity index (χ4n) is 1.71. The highest BCUT2D eigenvalue weighted by Crippen LogP contribution is 2.23. The van der Waals surface area contributed by atoms with Crippen LogP contribution in [-0.2, 0) is 9.47 Å². The van der Waals surface area contributed by atoms with Crippen LogP contribution in [0.4, 0.5) is 0 Å². The van der Waals surface area contributed by atoms with E-state index in [9.17, 15) is 4.79 Å². The SMILES string of the molecule is CC1(C)OCC(COc2cccc(C=O)c2)O1. The molecule has 1 atom stereocenters. The van der Waals surface area contributed by atoms with E-state index in [2.05, 4.69) is 0 Å². The van der Waals surface area contributed by atoms with Gasteiger partial charge in [0, 0.05) is 5.56 Å². The van der Waals surface area contributed by atoms with Gasteiger partial charge in [-0.1, -0.05) is 12.1 Å². The van der Waals surface area contributed by atoms with Gasteiger partial charge in [-0.3, -0.25) is 4.79 Å². The summed E-state index contributed by atoms with van der Waals surface area (Å²) < 4.78 is 16.6. The third kappa shape index (κ3) is 3.28. The first-order chi connectivity index (χ1) is 8.09. The highest BCUT2D eigenvalue weighted by Gasteiger charge is 2.32. The Hall–Kier alpha value is -1.39. The fourth-order valence-corrected chi connectivity index (χ4v) is 1.71. The lowest BCUT2D eigenvalue weighted by atomic mass is 10.2. The van der Waals surface area contributed by atoms with Crippen LogP contribution in [0.25, 0.3) is 0 Å². The van der Waals surface area contributed by atoms with Crippen molar-refractivity contribution in [3.8, 4) is 5.75 Å². The van der Waals surface area contributed by atoms with E-state index < -0.39 is 5.79 Å². The highest BCUT2D eigenvalue weighted by molar-refractivity contribution is 5.75. The normalized spacial score (nSPS) is 22.4. The molecular weight excluding hydrogens is 220 g/mol. The molecule has 0 aliphatic carbocycles. The van der Waals surface area contributed by atoms with Crippen molar-refractivity contribution in [3.05, 3.63) is 29.8 Å². The van der Waals surface area contributed by atoms with Gasteiger partial charge in [-0.15, -0.1) is 0 Å². The average molecular weight is 236 g/mol. The molecule has 0 amide bonds. The van der Waals surface area contributed by atoms with E-state index in [-0.39, 0.29) is 6.10 Å². The summed E-state index contributed by atoms with van der Waals surface area (Å²) in [6.45, 7) is 4.70. The molecule has 2 rings (SSSR count). The molecule has 1 aliphatic rings. The predicted molar refractivity (Wildman–Crippen MR) is 62.2 cm³/mol. The molecule has 1 heterocycles. The van der Waals surface area contributed by atoms with E-state index in [4.69, 9.17) is 14.2 Å². The second-order valence-electron chi connectivity index (χ2n) is 4.45. The number of hydrogen-bond acceptors (Lipinski definition) is 4. The van der Waals surface area contributed by atoms with Crippen LogP contribution in [-0.4, -0.2) is 31.4 Å². The Kier molecular flexibility index (Phi) is 3.45. The Bertz CT molecular complexity index is 400. The molecule has 0 aromatic heterocycles. The summed E-state index contributed by atoms with van der Waals surface area (Å²) in [4.78, 5) is 10.6. The van der Waals surface area contributed by atoms with Gasteiger partial charge in [0.25, 0.3) is 0 Å². The van der Waals surface area contributed by atoms with Crippen molar-refractivity contribution in [2.75, 3.05) is 13.2 Å². The predicted octanol–water partition coefficient (Wildman–Crippen LogP) is 2.03. The molecule has 1 aromatic rings. The first-order valence-corrected chi connectivity index (χ1v) is 5.59. The summed E-state index contributed by atoms with van der Waals surface area (Å²) in [6, 6.07) is 7.04. The smallest absolute Gasteiger partial charge is 0.163 e. The Morgan fingerprint density at radius 2 is 2.35 bits per heavy atom. The molecule has 1 aliphatic heterocycles. The molecule has 17 heavy (non-hydrogen) atoms. The minimum Gasteiger partial charge on any atom is -0.491 e. The first-order valence-electron chi connectivity index (χ1n) is 5.59. The third-order valence-electron chi connectivity index (χ3n) is 2.50. The molecule has 1 aromatic carbocycles. The van der Waals surface area contributed by atoms with Crippen molar-refractivity contribution < 1.29 is 19.0 Å². The molecule has 4 nitrogen and oxygen atoms in total. The maximum absolute atomic E-state index is 10.6. The van der Waals surface area contributed by atoms with Crippen molar-refractivity contribution in [2.24, 2.45) is 0 Å². The van der Waals surface area contributed by atoms with Crippen LogP contribution in [0.15, 0.2) is 24.3 Å². The van der Waals surface area contributed by atoms with Crippen LogP contribution < -0.4 is 4.74 Å². The van der Waals surface area contributed by atoms with E-state index >= 15 is 0 Å². The van der Waals surface area contributed by atoms with Crippen LogP contribution in [0.1, 0.15) is 24.2 Å². The molecule has 0 saturated carbocycles. The number of carbonyl (C=O) groups excluding carboxylic acids is 1. The molecule has 92 valence electrons. The zero-order chi connectivity index (χ0) is 12.3. The molecular formula is C13H16O4. The lowest BCUT2D eigenvalue weighted by Gasteiger charge is -2.17. The number of carbonyl (C=O) groups is 1. The number of benzene rings is 1. The Morgan fingerprint density at radius 1 is 1.53 bits per heavy atom. The van der Waals surface area contributed by atoms with Gasteiger partial charge in [0.15, 0.2) is 5.79 Å². The van der Waals surface area contributed by atoms with Crippen molar-refractivity contribution in [3.63, 3.8) is 0 Å². The van der Waals surface area contributed by atoms with Crippen LogP contribution in [0.5, 0.6) is 5.75 Å². The number of hydrogen-bond donors (Lipinski definition) is 0. The van der Waals surface area contributed by atoms with Gasteiger partial charge in [0.1, 0.15) is 24.7 Å². The van der Waals surface area contributed by atoms with Crippen molar-refractivity contribution in [2.45, 2.75) is 25.7 Å². The highest BCUT2D eigenvalue weighted by atomic mass is 16.7. The van der Waals surface area contributed by atoms with Gasteiger partial charge in [0.05, 0.1) is 6.61 Å². The molecule has 1 saturated heterocycles. The minimum atomic E-state index is -0.529. The summed E-state index contributed by atoms with van der Waals surface area (Å²) in [5, 5.41) is 0. The lowest BCUT2D eigenvalue weighted by molar-refractivity contribution is -0.141. The second kappa shape index (κ2) is 4.85. The van der Waals surface area contributed by atoms with Crippen LogP contribution in [0.2, 0.25) is 0 Å². The maximum Gasteiger partial charge on any atom is 0.163 e. The Balaban J connectivity index is 1.88. The van der Waals surface area contributed by atoms with Crippen molar-refractivity contribution in [1.29, 1.82) is 0 Å². The van der Waals surface area contributed by atoms with Crippen molar-refractivity contribution in [1.82, 2.24) is 0 Å². The lowest BCUT2D eigenvalue weighted by Crippen LogP contribution is -2.25. The summed E-state index contributed by atoms with van der Waals surface area (Å²) in [6.07, 6.45) is 0.732. The monoisotopic (exact) mass is 236 g/mol. The second-order valence-corrected chi connectivity index (χ2v) is 4.45. The van der Waals surface area contributed by atoms with Gasteiger partial charge < -0.3 is 14.2 Å². The summed E-state index contributed by atoms with van der Waals surface area (Å²) in [5.74, 6) is 0.140. The van der Waals surface area contributed by atoms with Gasteiger partial charge in [0.2, 0.25) is 0 Å². The quantitative estimate of drug-likeness (QED) is 0.750. The van der Waals surface area contributed by atoms with Gasteiger partial charge in [-0.2, -0.15) is 0 Å². The molecule has 4 heteroatoms.